The van der Waals surface area contributed by atoms with E-state index >= 15 is 0 Å². The van der Waals surface area contributed by atoms with E-state index in [9.17, 15) is 19.5 Å². The van der Waals surface area contributed by atoms with Crippen LogP contribution < -0.4 is 20.9 Å². The van der Waals surface area contributed by atoms with Crippen LogP contribution in [0.25, 0.3) is 5.57 Å². The molecule has 0 spiro atoms. The van der Waals surface area contributed by atoms with Gasteiger partial charge in [-0.25, -0.2) is 4.68 Å². The van der Waals surface area contributed by atoms with Gasteiger partial charge in [-0.1, -0.05) is 18.6 Å². The molecule has 1 unspecified atom stereocenters. The number of quaternary nitrogens is 1. The molecule has 8 nitrogen and oxygen atoms in total. The number of aryl methyl sites for hydroxylation is 1. The number of rotatable bonds is 6. The first-order valence-corrected chi connectivity index (χ1v) is 13.1. The lowest BCUT2D eigenvalue weighted by atomic mass is 9.79. The summed E-state index contributed by atoms with van der Waals surface area (Å²) in [5.74, 6) is -1.00. The largest absolute Gasteiger partial charge is 0.871 e. The number of Topliss-reactive ketones (excluding diaryl/α,β-unsaturated/α-hetero) is 1. The maximum atomic E-state index is 13.4. The van der Waals surface area contributed by atoms with Crippen LogP contribution >= 0.6 is 0 Å². The lowest BCUT2D eigenvalue weighted by Crippen LogP contribution is -3.14. The van der Waals surface area contributed by atoms with E-state index in [1.165, 1.54) is 9.58 Å². The molecule has 36 heavy (non-hydrogen) atoms. The first-order chi connectivity index (χ1) is 17.0. The van der Waals surface area contributed by atoms with Crippen LogP contribution in [0.2, 0.25) is 0 Å². The highest BCUT2D eigenvalue weighted by atomic mass is 16.3. The van der Waals surface area contributed by atoms with Gasteiger partial charge in [0, 0.05) is 34.4 Å². The Bertz CT molecular complexity index is 1260. The van der Waals surface area contributed by atoms with Crippen molar-refractivity contribution < 1.29 is 19.6 Å². The molecule has 0 aliphatic heterocycles. The number of nitrogens with one attached hydrogen (secondary N) is 3. The average Bonchev–Trinajstić information content (AvgIpc) is 3.46. The summed E-state index contributed by atoms with van der Waals surface area (Å²) in [6.45, 7) is 13.3. The molecular weight excluding hydrogens is 456 g/mol. The third-order valence-corrected chi connectivity index (χ3v) is 7.64. The van der Waals surface area contributed by atoms with Crippen molar-refractivity contribution in [1.82, 2.24) is 15.1 Å². The number of aromatic nitrogens is 2. The second kappa shape index (κ2) is 9.73. The first-order valence-electron chi connectivity index (χ1n) is 13.1. The Morgan fingerprint density at radius 1 is 1.17 bits per heavy atom. The van der Waals surface area contributed by atoms with Gasteiger partial charge in [0.1, 0.15) is 6.04 Å². The van der Waals surface area contributed by atoms with E-state index in [1.54, 1.807) is 13.0 Å². The Hall–Kier alpha value is -3.13. The fourth-order valence-electron chi connectivity index (χ4n) is 5.52. The number of hydrogen-bond acceptors (Lipinski definition) is 4. The summed E-state index contributed by atoms with van der Waals surface area (Å²) in [5.41, 5.74) is 0.641. The zero-order chi connectivity index (χ0) is 26.4. The van der Waals surface area contributed by atoms with Crippen molar-refractivity contribution in [3.05, 3.63) is 62.4 Å². The number of allylic oxidation sites excluding steroid dienone is 3. The minimum Gasteiger partial charge on any atom is -0.871 e. The summed E-state index contributed by atoms with van der Waals surface area (Å²) in [5, 5.41) is 19.5. The summed E-state index contributed by atoms with van der Waals surface area (Å²) in [6.07, 6.45) is 9.53. The fourth-order valence-corrected chi connectivity index (χ4v) is 5.52. The molecule has 3 aliphatic rings. The van der Waals surface area contributed by atoms with Crippen LogP contribution in [0.4, 0.5) is 0 Å². The summed E-state index contributed by atoms with van der Waals surface area (Å²) in [6, 6.07) is 0.0304. The average molecular weight is 495 g/mol. The number of carbonyl (C=O) groups excluding carboxylic acids is 2. The maximum Gasteiger partial charge on any atom is 0.275 e. The van der Waals surface area contributed by atoms with Crippen molar-refractivity contribution in [2.24, 2.45) is 5.92 Å². The number of H-pyrrole nitrogens is 1. The smallest absolute Gasteiger partial charge is 0.275 e. The highest BCUT2D eigenvalue weighted by Gasteiger charge is 2.37. The number of amides is 1. The van der Waals surface area contributed by atoms with Crippen LogP contribution in [0, 0.1) is 12.8 Å². The van der Waals surface area contributed by atoms with Crippen LogP contribution in [-0.2, 0) is 15.1 Å². The molecule has 1 atom stereocenters. The Labute approximate surface area is 212 Å². The molecule has 0 bridgehead atoms. The first kappa shape index (κ1) is 25.9. The minimum atomic E-state index is -0.522. The zero-order valence-electron chi connectivity index (χ0n) is 22.2. The fraction of sp³-hybridized carbons (Fsp3) is 0.536. The van der Waals surface area contributed by atoms with Gasteiger partial charge in [0.2, 0.25) is 5.91 Å². The van der Waals surface area contributed by atoms with Gasteiger partial charge in [-0.05, 0) is 66.5 Å². The Morgan fingerprint density at radius 3 is 2.33 bits per heavy atom. The van der Waals surface area contributed by atoms with E-state index in [4.69, 9.17) is 0 Å². The molecule has 1 saturated carbocycles. The van der Waals surface area contributed by atoms with Gasteiger partial charge in [0.15, 0.2) is 5.78 Å². The van der Waals surface area contributed by atoms with Crippen LogP contribution in [-0.4, -0.2) is 40.6 Å². The van der Waals surface area contributed by atoms with Gasteiger partial charge >= 0.3 is 0 Å². The van der Waals surface area contributed by atoms with Crippen LogP contribution in [0.5, 0.6) is 0 Å². The summed E-state index contributed by atoms with van der Waals surface area (Å²) in [4.78, 5) is 40.8. The van der Waals surface area contributed by atoms with E-state index < -0.39 is 17.1 Å². The quantitative estimate of drug-likeness (QED) is 0.517. The van der Waals surface area contributed by atoms with Crippen LogP contribution in [0.1, 0.15) is 71.6 Å². The van der Waals surface area contributed by atoms with Crippen molar-refractivity contribution in [1.29, 1.82) is 0 Å². The van der Waals surface area contributed by atoms with E-state index in [-0.39, 0.29) is 40.1 Å². The molecule has 0 radical (unpaired) electrons. The third-order valence-electron chi connectivity index (χ3n) is 7.64. The predicted molar refractivity (Wildman–Crippen MR) is 137 cm³/mol. The van der Waals surface area contributed by atoms with Crippen molar-refractivity contribution in [3.8, 4) is 0 Å². The normalized spacial score (nSPS) is 22.9. The molecule has 1 amide bonds. The monoisotopic (exact) mass is 494 g/mol. The summed E-state index contributed by atoms with van der Waals surface area (Å²) >= 11 is 0. The number of nitrogens with zero attached hydrogens (tertiary/aromatic N) is 1. The summed E-state index contributed by atoms with van der Waals surface area (Å²) < 4.78 is 1.45. The Kier molecular flexibility index (Phi) is 7.01. The van der Waals surface area contributed by atoms with Gasteiger partial charge < -0.3 is 15.3 Å². The van der Waals surface area contributed by atoms with E-state index in [1.807, 2.05) is 32.9 Å². The molecule has 0 saturated heterocycles. The number of likely N-dealkylation sites (N-methyl/N-ethyl adjacent to an activating group) is 1. The SMILES string of the molecule is CC[NH+](CC)C1C=C/C(=C2\C(=O)C(c3c(C)[nH]n(C(C)(C)C)c3=O)=C2[O-])C(NC(=O)C2CCCC2)=C1. The standard InChI is InChI=1S/C28H38N4O4/c1-7-31(8-2)18-13-14-19(20(15-18)29-26(35)17-11-9-10-12-17)22-24(33)23(25(22)34)21-16(3)30-32(27(21)36)28(4,5)6/h13-15,17-18,30,33H,7-12H2,1-6H3,(H,29,35)/b22-19+. The van der Waals surface area contributed by atoms with Crippen molar-refractivity contribution in [2.75, 3.05) is 13.1 Å². The van der Waals surface area contributed by atoms with E-state index in [0.29, 0.717) is 17.0 Å². The highest BCUT2D eigenvalue weighted by Crippen LogP contribution is 2.39. The molecule has 1 heterocycles. The van der Waals surface area contributed by atoms with Gasteiger partial charge in [0.05, 0.1) is 29.9 Å². The predicted octanol–water partition coefficient (Wildman–Crippen LogP) is 1.24. The molecular formula is C28H38N4O4. The molecule has 4 rings (SSSR count). The number of carbonyl (C=O) groups is 2. The van der Waals surface area contributed by atoms with Gasteiger partial charge in [-0.3, -0.25) is 19.5 Å². The van der Waals surface area contributed by atoms with E-state index in [2.05, 4.69) is 24.3 Å². The van der Waals surface area contributed by atoms with Crippen molar-refractivity contribution >= 4 is 17.3 Å². The van der Waals surface area contributed by atoms with Crippen molar-refractivity contribution in [3.63, 3.8) is 0 Å². The molecule has 1 aromatic heterocycles. The summed E-state index contributed by atoms with van der Waals surface area (Å²) in [7, 11) is 0. The highest BCUT2D eigenvalue weighted by molar-refractivity contribution is 6.39. The topological polar surface area (TPSA) is 111 Å². The third kappa shape index (κ3) is 4.43. The Morgan fingerprint density at radius 2 is 1.81 bits per heavy atom. The Balaban J connectivity index is 1.77. The molecule has 1 aromatic rings. The van der Waals surface area contributed by atoms with Gasteiger partial charge in [-0.15, -0.1) is 0 Å². The number of aromatic amines is 1. The molecule has 1 fully saturated rings. The maximum absolute atomic E-state index is 13.4. The second-order valence-corrected chi connectivity index (χ2v) is 11.0. The zero-order valence-corrected chi connectivity index (χ0v) is 22.2. The van der Waals surface area contributed by atoms with Gasteiger partial charge in [0.25, 0.3) is 5.56 Å². The lowest BCUT2D eigenvalue weighted by Gasteiger charge is -2.34. The van der Waals surface area contributed by atoms with Crippen LogP contribution in [0.15, 0.2) is 45.6 Å². The number of hydrogen-bond donors (Lipinski definition) is 3. The van der Waals surface area contributed by atoms with E-state index in [0.717, 1.165) is 38.8 Å². The van der Waals surface area contributed by atoms with Crippen LogP contribution in [0.3, 0.4) is 0 Å². The lowest BCUT2D eigenvalue weighted by molar-refractivity contribution is -0.908. The molecule has 194 valence electrons. The molecule has 3 N–H and O–H groups in total. The second-order valence-electron chi connectivity index (χ2n) is 11.0. The number of ketones is 1. The molecule has 0 aromatic carbocycles. The van der Waals surface area contributed by atoms with Crippen molar-refractivity contribution in [2.45, 2.75) is 78.8 Å². The molecule has 3 aliphatic carbocycles. The minimum absolute atomic E-state index is 0.0304. The van der Waals surface area contributed by atoms with Gasteiger partial charge in [-0.2, -0.15) is 0 Å². The molecule has 8 heteroatoms.